The number of piperazine rings is 1. The Morgan fingerprint density at radius 3 is 2.64 bits per heavy atom. The predicted octanol–water partition coefficient (Wildman–Crippen LogP) is 2.98. The van der Waals surface area contributed by atoms with E-state index in [1.54, 1.807) is 11.8 Å². The standard InChI is InChI=1S/C22H24N4O2/c1-16-14-25(13-12-23-16)22(27)19-15-26(17-8-4-3-5-9-17)24-21(19)18-10-6-7-11-20(18)28-2/h3-11,15-16,23H,12-14H2,1-2H3. The van der Waals surface area contributed by atoms with Crippen molar-refractivity contribution in [2.45, 2.75) is 13.0 Å². The Hall–Kier alpha value is -3.12. The van der Waals surface area contributed by atoms with Gasteiger partial charge in [0.15, 0.2) is 0 Å². The maximum atomic E-state index is 13.4. The Morgan fingerprint density at radius 2 is 1.89 bits per heavy atom. The van der Waals surface area contributed by atoms with Crippen LogP contribution in [-0.2, 0) is 0 Å². The van der Waals surface area contributed by atoms with Gasteiger partial charge >= 0.3 is 0 Å². The first-order valence-corrected chi connectivity index (χ1v) is 9.48. The first-order valence-electron chi connectivity index (χ1n) is 9.48. The van der Waals surface area contributed by atoms with Crippen LogP contribution >= 0.6 is 0 Å². The number of ether oxygens (including phenoxy) is 1. The Balaban J connectivity index is 1.81. The van der Waals surface area contributed by atoms with Crippen LogP contribution in [0.1, 0.15) is 17.3 Å². The lowest BCUT2D eigenvalue weighted by molar-refractivity contribution is 0.0710. The molecule has 1 saturated heterocycles. The number of nitrogens with zero attached hydrogens (tertiary/aromatic N) is 3. The molecule has 1 N–H and O–H groups in total. The molecule has 1 amide bonds. The lowest BCUT2D eigenvalue weighted by Crippen LogP contribution is -2.51. The Morgan fingerprint density at radius 1 is 1.14 bits per heavy atom. The lowest BCUT2D eigenvalue weighted by atomic mass is 10.1. The third kappa shape index (κ3) is 3.51. The molecule has 0 aliphatic carbocycles. The summed E-state index contributed by atoms with van der Waals surface area (Å²) in [6.07, 6.45) is 1.83. The van der Waals surface area contributed by atoms with Crippen LogP contribution in [-0.4, -0.2) is 53.4 Å². The zero-order valence-corrected chi connectivity index (χ0v) is 16.1. The Labute approximate surface area is 164 Å². The monoisotopic (exact) mass is 376 g/mol. The number of hydrogen-bond donors (Lipinski definition) is 1. The average Bonchev–Trinajstić information content (AvgIpc) is 3.19. The van der Waals surface area contributed by atoms with Crippen LogP contribution in [0.5, 0.6) is 5.75 Å². The van der Waals surface area contributed by atoms with Crippen molar-refractivity contribution in [3.05, 3.63) is 66.4 Å². The fourth-order valence-corrected chi connectivity index (χ4v) is 3.57. The summed E-state index contributed by atoms with van der Waals surface area (Å²) in [5.74, 6) is 0.694. The Kier molecular flexibility index (Phi) is 5.12. The number of nitrogens with one attached hydrogen (secondary N) is 1. The summed E-state index contributed by atoms with van der Waals surface area (Å²) in [6, 6.07) is 17.8. The quantitative estimate of drug-likeness (QED) is 0.761. The van der Waals surface area contributed by atoms with Crippen molar-refractivity contribution in [2.75, 3.05) is 26.7 Å². The van der Waals surface area contributed by atoms with E-state index < -0.39 is 0 Å². The van der Waals surface area contributed by atoms with E-state index in [0.29, 0.717) is 30.1 Å². The smallest absolute Gasteiger partial charge is 0.257 e. The van der Waals surface area contributed by atoms with E-state index in [0.717, 1.165) is 17.8 Å². The van der Waals surface area contributed by atoms with Gasteiger partial charge in [-0.25, -0.2) is 4.68 Å². The van der Waals surface area contributed by atoms with Crippen molar-refractivity contribution in [1.82, 2.24) is 20.0 Å². The van der Waals surface area contributed by atoms with Gasteiger partial charge in [0, 0.05) is 37.4 Å². The molecule has 1 aliphatic heterocycles. The van der Waals surface area contributed by atoms with E-state index in [9.17, 15) is 4.79 Å². The molecule has 0 radical (unpaired) electrons. The molecule has 144 valence electrons. The van der Waals surface area contributed by atoms with Gasteiger partial charge in [-0.15, -0.1) is 0 Å². The third-order valence-electron chi connectivity index (χ3n) is 4.98. The fourth-order valence-electron chi connectivity index (χ4n) is 3.57. The van der Waals surface area contributed by atoms with Gasteiger partial charge in [-0.2, -0.15) is 5.10 Å². The molecule has 28 heavy (non-hydrogen) atoms. The van der Waals surface area contributed by atoms with Crippen LogP contribution in [0.3, 0.4) is 0 Å². The summed E-state index contributed by atoms with van der Waals surface area (Å²) in [7, 11) is 1.63. The molecule has 1 aliphatic rings. The van der Waals surface area contributed by atoms with E-state index in [-0.39, 0.29) is 11.9 Å². The van der Waals surface area contributed by atoms with E-state index in [2.05, 4.69) is 12.2 Å². The second-order valence-electron chi connectivity index (χ2n) is 6.98. The van der Waals surface area contributed by atoms with Crippen LogP contribution in [0.15, 0.2) is 60.8 Å². The number of amides is 1. The van der Waals surface area contributed by atoms with E-state index in [1.165, 1.54) is 0 Å². The summed E-state index contributed by atoms with van der Waals surface area (Å²) in [5.41, 5.74) is 2.94. The summed E-state index contributed by atoms with van der Waals surface area (Å²) in [6.45, 7) is 4.25. The number of para-hydroxylation sites is 2. The molecule has 0 bridgehead atoms. The molecule has 0 spiro atoms. The molecule has 0 saturated carbocycles. The summed E-state index contributed by atoms with van der Waals surface area (Å²) in [5, 5.41) is 8.15. The predicted molar refractivity (Wildman–Crippen MR) is 109 cm³/mol. The molecule has 1 unspecified atom stereocenters. The van der Waals surface area contributed by atoms with Crippen LogP contribution in [0.2, 0.25) is 0 Å². The molecule has 6 nitrogen and oxygen atoms in total. The highest BCUT2D eigenvalue weighted by atomic mass is 16.5. The first kappa shape index (κ1) is 18.3. The number of methoxy groups -OCH3 is 1. The van der Waals surface area contributed by atoms with Gasteiger partial charge in [-0.3, -0.25) is 4.79 Å². The normalized spacial score (nSPS) is 16.8. The number of aromatic nitrogens is 2. The van der Waals surface area contributed by atoms with Crippen molar-refractivity contribution >= 4 is 5.91 Å². The molecular formula is C22H24N4O2. The minimum Gasteiger partial charge on any atom is -0.496 e. The topological polar surface area (TPSA) is 59.4 Å². The molecule has 1 fully saturated rings. The molecule has 2 heterocycles. The average molecular weight is 376 g/mol. The van der Waals surface area contributed by atoms with Gasteiger partial charge in [0.25, 0.3) is 5.91 Å². The van der Waals surface area contributed by atoms with Crippen LogP contribution < -0.4 is 10.1 Å². The number of carbonyl (C=O) groups is 1. The first-order chi connectivity index (χ1) is 13.7. The number of carbonyl (C=O) groups excluding carboxylic acids is 1. The lowest BCUT2D eigenvalue weighted by Gasteiger charge is -2.31. The summed E-state index contributed by atoms with van der Waals surface area (Å²) < 4.78 is 7.29. The highest BCUT2D eigenvalue weighted by molar-refractivity contribution is 6.00. The minimum atomic E-state index is -0.00330. The second kappa shape index (κ2) is 7.86. The molecule has 3 aromatic rings. The second-order valence-corrected chi connectivity index (χ2v) is 6.98. The largest absolute Gasteiger partial charge is 0.496 e. The molecule has 2 aromatic carbocycles. The number of hydrogen-bond acceptors (Lipinski definition) is 4. The van der Waals surface area contributed by atoms with Crippen molar-refractivity contribution < 1.29 is 9.53 Å². The maximum Gasteiger partial charge on any atom is 0.257 e. The van der Waals surface area contributed by atoms with Gasteiger partial charge in [-0.1, -0.05) is 30.3 Å². The molecular weight excluding hydrogens is 352 g/mol. The van der Waals surface area contributed by atoms with Gasteiger partial charge in [0.1, 0.15) is 11.4 Å². The fraction of sp³-hybridized carbons (Fsp3) is 0.273. The zero-order valence-electron chi connectivity index (χ0n) is 16.1. The van der Waals surface area contributed by atoms with Crippen molar-refractivity contribution in [2.24, 2.45) is 0 Å². The highest BCUT2D eigenvalue weighted by Gasteiger charge is 2.27. The number of rotatable bonds is 4. The summed E-state index contributed by atoms with van der Waals surface area (Å²) in [4.78, 5) is 15.3. The van der Waals surface area contributed by atoms with Gasteiger partial charge in [0.2, 0.25) is 0 Å². The van der Waals surface area contributed by atoms with Gasteiger partial charge < -0.3 is 15.0 Å². The number of benzene rings is 2. The zero-order chi connectivity index (χ0) is 19.5. The van der Waals surface area contributed by atoms with Crippen LogP contribution in [0, 0.1) is 0 Å². The van der Waals surface area contributed by atoms with Crippen LogP contribution in [0.4, 0.5) is 0 Å². The highest BCUT2D eigenvalue weighted by Crippen LogP contribution is 2.32. The van der Waals surface area contributed by atoms with E-state index >= 15 is 0 Å². The minimum absolute atomic E-state index is 0.00330. The third-order valence-corrected chi connectivity index (χ3v) is 4.98. The molecule has 6 heteroatoms. The SMILES string of the molecule is COc1ccccc1-c1nn(-c2ccccc2)cc1C(=O)N1CCNC(C)C1. The molecule has 4 rings (SSSR count). The van der Waals surface area contributed by atoms with Crippen molar-refractivity contribution in [3.63, 3.8) is 0 Å². The van der Waals surface area contributed by atoms with Crippen molar-refractivity contribution in [1.29, 1.82) is 0 Å². The van der Waals surface area contributed by atoms with Crippen molar-refractivity contribution in [3.8, 4) is 22.7 Å². The molecule has 1 atom stereocenters. The summed E-state index contributed by atoms with van der Waals surface area (Å²) >= 11 is 0. The van der Waals surface area contributed by atoms with Crippen LogP contribution in [0.25, 0.3) is 16.9 Å². The maximum absolute atomic E-state index is 13.4. The van der Waals surface area contributed by atoms with E-state index in [1.807, 2.05) is 65.7 Å². The molecule has 1 aromatic heterocycles. The van der Waals surface area contributed by atoms with E-state index in [4.69, 9.17) is 9.84 Å². The Bertz CT molecular complexity index is 968. The van der Waals surface area contributed by atoms with Gasteiger partial charge in [0.05, 0.1) is 18.4 Å². The van der Waals surface area contributed by atoms with Gasteiger partial charge in [-0.05, 0) is 31.2 Å².